The van der Waals surface area contributed by atoms with Crippen molar-refractivity contribution < 1.29 is 34.1 Å². The van der Waals surface area contributed by atoms with Gasteiger partial charge < -0.3 is 25.6 Å². The van der Waals surface area contributed by atoms with Gasteiger partial charge in [0.05, 0.1) is 13.2 Å². The number of hydrogen-bond donors (Lipinski definition) is 4. The molecule has 0 saturated carbocycles. The van der Waals surface area contributed by atoms with E-state index < -0.39 is 24.5 Å². The molecule has 9 heteroatoms. The first-order valence-electron chi connectivity index (χ1n) is 19.7. The number of allylic oxidation sites excluding steroid dienone is 3. The predicted octanol–water partition coefficient (Wildman–Crippen LogP) is 8.87. The van der Waals surface area contributed by atoms with E-state index in [0.717, 1.165) is 51.4 Å². The Hall–Kier alpha value is -2.68. The van der Waals surface area contributed by atoms with E-state index in [1.807, 2.05) is 6.08 Å². The van der Waals surface area contributed by atoms with Crippen molar-refractivity contribution in [3.63, 3.8) is 0 Å². The van der Waals surface area contributed by atoms with Crippen LogP contribution in [-0.2, 0) is 23.9 Å². The minimum Gasteiger partial charge on any atom is -0.480 e. The maximum absolute atomic E-state index is 12.7. The second-order valence-corrected chi connectivity index (χ2v) is 13.4. The molecule has 0 rings (SSSR count). The number of carbonyl (C=O) groups excluding carboxylic acids is 3. The predicted molar refractivity (Wildman–Crippen MR) is 199 cm³/mol. The topological polar surface area (TPSA) is 142 Å². The molecule has 0 radical (unpaired) electrons. The molecule has 0 aromatic carbocycles. The third kappa shape index (κ3) is 32.3. The summed E-state index contributed by atoms with van der Waals surface area (Å²) in [4.78, 5) is 47.4. The van der Waals surface area contributed by atoms with Gasteiger partial charge in [0.2, 0.25) is 11.8 Å². The minimum atomic E-state index is -1.39. The van der Waals surface area contributed by atoms with Crippen LogP contribution in [0.2, 0.25) is 0 Å². The Labute approximate surface area is 298 Å². The van der Waals surface area contributed by atoms with Gasteiger partial charge in [0.15, 0.2) is 0 Å². The van der Waals surface area contributed by atoms with E-state index in [0.29, 0.717) is 12.8 Å². The molecule has 0 heterocycles. The summed E-state index contributed by atoms with van der Waals surface area (Å²) in [5, 5.41) is 22.5. The summed E-state index contributed by atoms with van der Waals surface area (Å²) in [6, 6.07) is -1.39. The summed E-state index contributed by atoms with van der Waals surface area (Å²) in [5.74, 6) is -2.42. The standard InChI is InChI=1S/C40H72N2O7/c1-3-5-7-9-11-13-14-15-16-17-18-20-22-28-32-39(46)49-35(29-25-21-19-12-10-8-6-4-2)30-26-23-24-27-31-37(44)41-33-38(45)42-36(34-43)40(47)48/h12,19,25,29,35-36,43H,3-11,13-18,20-24,26-28,30-34H2,1-2H3,(H,41,44)(H,42,45)(H,47,48)/b19-12-,29-25-. The van der Waals surface area contributed by atoms with Gasteiger partial charge in [-0.2, -0.15) is 0 Å². The molecule has 4 N–H and O–H groups in total. The molecule has 0 aliphatic carbocycles. The number of ether oxygens (including phenoxy) is 1. The molecule has 0 fully saturated rings. The van der Waals surface area contributed by atoms with Crippen molar-refractivity contribution in [2.75, 3.05) is 13.2 Å². The zero-order valence-electron chi connectivity index (χ0n) is 31.2. The van der Waals surface area contributed by atoms with Crippen molar-refractivity contribution in [3.8, 4) is 0 Å². The molecule has 2 unspecified atom stereocenters. The van der Waals surface area contributed by atoms with Crippen molar-refractivity contribution in [2.24, 2.45) is 0 Å². The Kier molecular flexibility index (Phi) is 33.2. The van der Waals surface area contributed by atoms with Crippen LogP contribution in [0.1, 0.15) is 181 Å². The van der Waals surface area contributed by atoms with Gasteiger partial charge in [0.25, 0.3) is 0 Å². The average molecular weight is 693 g/mol. The average Bonchev–Trinajstić information content (AvgIpc) is 3.08. The first-order valence-corrected chi connectivity index (χ1v) is 19.7. The molecule has 0 aliphatic heterocycles. The smallest absolute Gasteiger partial charge is 0.328 e. The highest BCUT2D eigenvalue weighted by atomic mass is 16.5. The molecular formula is C40H72N2O7. The van der Waals surface area contributed by atoms with Crippen molar-refractivity contribution in [3.05, 3.63) is 24.3 Å². The number of aliphatic carboxylic acids is 1. The van der Waals surface area contributed by atoms with Crippen LogP contribution in [0.25, 0.3) is 0 Å². The van der Waals surface area contributed by atoms with Gasteiger partial charge in [0, 0.05) is 12.8 Å². The molecule has 49 heavy (non-hydrogen) atoms. The third-order valence-electron chi connectivity index (χ3n) is 8.69. The lowest BCUT2D eigenvalue weighted by Gasteiger charge is -2.15. The molecule has 0 saturated heterocycles. The monoisotopic (exact) mass is 693 g/mol. The lowest BCUT2D eigenvalue weighted by atomic mass is 10.0. The van der Waals surface area contributed by atoms with Gasteiger partial charge in [-0.05, 0) is 51.0 Å². The maximum Gasteiger partial charge on any atom is 0.328 e. The number of esters is 1. The summed E-state index contributed by atoms with van der Waals surface area (Å²) in [7, 11) is 0. The summed E-state index contributed by atoms with van der Waals surface area (Å²) in [6.45, 7) is 3.41. The number of aliphatic hydroxyl groups excluding tert-OH is 1. The summed E-state index contributed by atoms with van der Waals surface area (Å²) >= 11 is 0. The van der Waals surface area contributed by atoms with Gasteiger partial charge in [-0.25, -0.2) is 4.79 Å². The van der Waals surface area contributed by atoms with E-state index in [9.17, 15) is 19.2 Å². The molecule has 284 valence electrons. The van der Waals surface area contributed by atoms with Crippen molar-refractivity contribution in [2.45, 2.75) is 193 Å². The normalized spacial score (nSPS) is 12.7. The van der Waals surface area contributed by atoms with Gasteiger partial charge in [0.1, 0.15) is 12.1 Å². The summed E-state index contributed by atoms with van der Waals surface area (Å²) in [6.07, 6.45) is 36.5. The molecule has 0 spiro atoms. The third-order valence-corrected chi connectivity index (χ3v) is 8.69. The number of amides is 2. The van der Waals surface area contributed by atoms with Gasteiger partial charge in [-0.1, -0.05) is 141 Å². The largest absolute Gasteiger partial charge is 0.480 e. The first-order chi connectivity index (χ1) is 23.8. The number of carboxylic acids is 1. The number of aliphatic hydroxyl groups is 1. The number of carboxylic acid groups (broad SMARTS) is 1. The van der Waals surface area contributed by atoms with Crippen molar-refractivity contribution >= 4 is 23.8 Å². The van der Waals surface area contributed by atoms with E-state index in [4.69, 9.17) is 14.9 Å². The van der Waals surface area contributed by atoms with Crippen LogP contribution in [0.15, 0.2) is 24.3 Å². The lowest BCUT2D eigenvalue weighted by molar-refractivity contribution is -0.147. The maximum atomic E-state index is 12.7. The van der Waals surface area contributed by atoms with Gasteiger partial charge in [-0.15, -0.1) is 0 Å². The summed E-state index contributed by atoms with van der Waals surface area (Å²) in [5.41, 5.74) is 0. The Morgan fingerprint density at radius 2 is 1.16 bits per heavy atom. The Balaban J connectivity index is 4.30. The zero-order chi connectivity index (χ0) is 36.2. The highest BCUT2D eigenvalue weighted by molar-refractivity contribution is 5.87. The SMILES string of the molecule is CCCCC/C=C\C/C=C\C(CCCCCCC(=O)NCC(=O)NC(CO)C(=O)O)OC(=O)CCCCCCCCCCCCCCCC. The molecule has 0 bridgehead atoms. The van der Waals surface area contributed by atoms with Crippen LogP contribution < -0.4 is 10.6 Å². The molecule has 9 nitrogen and oxygen atoms in total. The fraction of sp³-hybridized carbons (Fsp3) is 0.800. The Morgan fingerprint density at radius 3 is 1.73 bits per heavy atom. The van der Waals surface area contributed by atoms with E-state index in [1.165, 1.54) is 96.3 Å². The number of hydrogen-bond acceptors (Lipinski definition) is 6. The van der Waals surface area contributed by atoms with E-state index in [1.54, 1.807) is 0 Å². The molecule has 2 amide bonds. The van der Waals surface area contributed by atoms with Crippen LogP contribution in [0.3, 0.4) is 0 Å². The van der Waals surface area contributed by atoms with E-state index in [2.05, 4.69) is 42.7 Å². The number of nitrogens with one attached hydrogen (secondary N) is 2. The molecule has 0 aromatic heterocycles. The number of unbranched alkanes of at least 4 members (excludes halogenated alkanes) is 19. The zero-order valence-corrected chi connectivity index (χ0v) is 31.2. The molecular weight excluding hydrogens is 620 g/mol. The van der Waals surface area contributed by atoms with Crippen LogP contribution in [-0.4, -0.2) is 59.3 Å². The summed E-state index contributed by atoms with van der Waals surface area (Å²) < 4.78 is 5.87. The molecule has 2 atom stereocenters. The van der Waals surface area contributed by atoms with Crippen LogP contribution in [0.4, 0.5) is 0 Å². The number of carbonyl (C=O) groups is 4. The highest BCUT2D eigenvalue weighted by Gasteiger charge is 2.18. The second-order valence-electron chi connectivity index (χ2n) is 13.4. The highest BCUT2D eigenvalue weighted by Crippen LogP contribution is 2.16. The van der Waals surface area contributed by atoms with Crippen molar-refractivity contribution in [1.82, 2.24) is 10.6 Å². The van der Waals surface area contributed by atoms with Crippen molar-refractivity contribution in [1.29, 1.82) is 0 Å². The first kappa shape index (κ1) is 46.3. The minimum absolute atomic E-state index is 0.127. The fourth-order valence-electron chi connectivity index (χ4n) is 5.60. The van der Waals surface area contributed by atoms with Gasteiger partial charge >= 0.3 is 11.9 Å². The lowest BCUT2D eigenvalue weighted by Crippen LogP contribution is -2.47. The quantitative estimate of drug-likeness (QED) is 0.0295. The second kappa shape index (κ2) is 35.2. The fourth-order valence-corrected chi connectivity index (χ4v) is 5.60. The van der Waals surface area contributed by atoms with E-state index >= 15 is 0 Å². The molecule has 0 aliphatic rings. The van der Waals surface area contributed by atoms with Crippen LogP contribution in [0.5, 0.6) is 0 Å². The Bertz CT molecular complexity index is 890. The van der Waals surface area contributed by atoms with Gasteiger partial charge in [-0.3, -0.25) is 14.4 Å². The Morgan fingerprint density at radius 1 is 0.633 bits per heavy atom. The number of rotatable bonds is 35. The van der Waals surface area contributed by atoms with Crippen LogP contribution in [0, 0.1) is 0 Å². The molecule has 0 aromatic rings. The van der Waals surface area contributed by atoms with Crippen LogP contribution >= 0.6 is 0 Å². The van der Waals surface area contributed by atoms with E-state index in [-0.39, 0.29) is 30.9 Å².